The number of rotatable bonds is 5. The van der Waals surface area contributed by atoms with E-state index in [0.29, 0.717) is 6.54 Å². The highest BCUT2D eigenvalue weighted by Crippen LogP contribution is 2.23. The second-order valence-corrected chi connectivity index (χ2v) is 6.00. The highest BCUT2D eigenvalue weighted by Gasteiger charge is 2.17. The predicted octanol–water partition coefficient (Wildman–Crippen LogP) is 3.45. The topological polar surface area (TPSA) is 38.0 Å². The van der Waals surface area contributed by atoms with Crippen molar-refractivity contribution < 1.29 is 5.11 Å². The van der Waals surface area contributed by atoms with E-state index in [1.807, 2.05) is 6.33 Å². The maximum Gasteiger partial charge on any atom is 0.0969 e. The van der Waals surface area contributed by atoms with E-state index >= 15 is 0 Å². The fourth-order valence-electron chi connectivity index (χ4n) is 3.18. The zero-order valence-corrected chi connectivity index (χ0v) is 12.8. The van der Waals surface area contributed by atoms with Gasteiger partial charge in [0.25, 0.3) is 0 Å². The molecule has 3 heteroatoms. The summed E-state index contributed by atoms with van der Waals surface area (Å²) < 4.78 is 2.14. The average molecular weight is 284 g/mol. The molecule has 112 valence electrons. The third-order valence-electron chi connectivity index (χ3n) is 4.38. The van der Waals surface area contributed by atoms with Gasteiger partial charge in [-0.3, -0.25) is 0 Å². The standard InChI is InChI=1S/C18H24N2O/c1-2-5-14-8-10-15(11-9-14)18(21)12-20-13-19-16-6-3-4-7-17(16)20/h8-11,13,18,21H,2-7,12H2,1H3. The van der Waals surface area contributed by atoms with E-state index in [4.69, 9.17) is 0 Å². The molecule has 0 saturated carbocycles. The first-order chi connectivity index (χ1) is 10.3. The van der Waals surface area contributed by atoms with Gasteiger partial charge in [0, 0.05) is 5.69 Å². The molecule has 0 saturated heterocycles. The summed E-state index contributed by atoms with van der Waals surface area (Å²) in [6, 6.07) is 8.37. The van der Waals surface area contributed by atoms with Gasteiger partial charge < -0.3 is 9.67 Å². The summed E-state index contributed by atoms with van der Waals surface area (Å²) in [4.78, 5) is 4.49. The van der Waals surface area contributed by atoms with Crippen molar-refractivity contribution in [1.29, 1.82) is 0 Å². The molecule has 1 heterocycles. The molecule has 1 N–H and O–H groups in total. The summed E-state index contributed by atoms with van der Waals surface area (Å²) in [6.45, 7) is 2.79. The average Bonchev–Trinajstić information content (AvgIpc) is 2.92. The Morgan fingerprint density at radius 1 is 1.19 bits per heavy atom. The maximum absolute atomic E-state index is 10.5. The molecule has 0 bridgehead atoms. The third kappa shape index (κ3) is 3.18. The van der Waals surface area contributed by atoms with Crippen molar-refractivity contribution in [3.8, 4) is 0 Å². The number of aromatic nitrogens is 2. The number of imidazole rings is 1. The van der Waals surface area contributed by atoms with Crippen molar-refractivity contribution in [3.63, 3.8) is 0 Å². The fraction of sp³-hybridized carbons (Fsp3) is 0.500. The Hall–Kier alpha value is -1.61. The van der Waals surface area contributed by atoms with Gasteiger partial charge in [-0.15, -0.1) is 0 Å². The molecule has 1 aromatic heterocycles. The third-order valence-corrected chi connectivity index (χ3v) is 4.38. The minimum Gasteiger partial charge on any atom is -0.387 e. The lowest BCUT2D eigenvalue weighted by Crippen LogP contribution is -2.13. The lowest BCUT2D eigenvalue weighted by atomic mass is 10.0. The molecule has 1 aliphatic rings. The highest BCUT2D eigenvalue weighted by molar-refractivity contribution is 5.25. The van der Waals surface area contributed by atoms with Gasteiger partial charge in [-0.25, -0.2) is 4.98 Å². The van der Waals surface area contributed by atoms with Crippen molar-refractivity contribution in [2.24, 2.45) is 0 Å². The van der Waals surface area contributed by atoms with Crippen molar-refractivity contribution >= 4 is 0 Å². The van der Waals surface area contributed by atoms with Crippen LogP contribution in [0.2, 0.25) is 0 Å². The Labute approximate surface area is 126 Å². The molecule has 0 radical (unpaired) electrons. The zero-order chi connectivity index (χ0) is 14.7. The number of hydrogen-bond acceptors (Lipinski definition) is 2. The first kappa shape index (κ1) is 14.3. The van der Waals surface area contributed by atoms with E-state index in [1.54, 1.807) is 0 Å². The van der Waals surface area contributed by atoms with E-state index < -0.39 is 6.10 Å². The minimum absolute atomic E-state index is 0.457. The van der Waals surface area contributed by atoms with Gasteiger partial charge in [-0.05, 0) is 43.2 Å². The number of aryl methyl sites for hydroxylation is 2. The SMILES string of the molecule is CCCc1ccc(C(O)Cn2cnc3c2CCCC3)cc1. The molecule has 0 fully saturated rings. The van der Waals surface area contributed by atoms with E-state index in [1.165, 1.54) is 29.8 Å². The van der Waals surface area contributed by atoms with Crippen LogP contribution in [-0.2, 0) is 25.8 Å². The van der Waals surface area contributed by atoms with Crippen LogP contribution in [0.5, 0.6) is 0 Å². The fourth-order valence-corrected chi connectivity index (χ4v) is 3.18. The maximum atomic E-state index is 10.5. The number of nitrogens with zero attached hydrogens (tertiary/aromatic N) is 2. The summed E-state index contributed by atoms with van der Waals surface area (Å²) in [6.07, 6.45) is 8.35. The Morgan fingerprint density at radius 2 is 1.95 bits per heavy atom. The summed E-state index contributed by atoms with van der Waals surface area (Å²) >= 11 is 0. The van der Waals surface area contributed by atoms with Gasteiger partial charge in [0.15, 0.2) is 0 Å². The molecular formula is C18H24N2O. The lowest BCUT2D eigenvalue weighted by Gasteiger charge is -2.17. The Morgan fingerprint density at radius 3 is 2.71 bits per heavy atom. The Balaban J connectivity index is 1.71. The molecular weight excluding hydrogens is 260 g/mol. The first-order valence-corrected chi connectivity index (χ1v) is 8.07. The van der Waals surface area contributed by atoms with Crippen LogP contribution in [0.1, 0.15) is 54.8 Å². The zero-order valence-electron chi connectivity index (χ0n) is 12.8. The number of aliphatic hydroxyl groups excluding tert-OH is 1. The molecule has 1 unspecified atom stereocenters. The smallest absolute Gasteiger partial charge is 0.0969 e. The van der Waals surface area contributed by atoms with Gasteiger partial charge >= 0.3 is 0 Å². The molecule has 1 aromatic carbocycles. The molecule has 2 aromatic rings. The van der Waals surface area contributed by atoms with Gasteiger partial charge in [0.05, 0.1) is 24.7 Å². The number of aliphatic hydroxyl groups is 1. The van der Waals surface area contributed by atoms with E-state index in [2.05, 4.69) is 40.7 Å². The molecule has 3 rings (SSSR count). The quantitative estimate of drug-likeness (QED) is 0.913. The molecule has 3 nitrogen and oxygen atoms in total. The monoisotopic (exact) mass is 284 g/mol. The Bertz CT molecular complexity index is 586. The second kappa shape index (κ2) is 6.44. The van der Waals surface area contributed by atoms with Gasteiger partial charge in [0.2, 0.25) is 0 Å². The van der Waals surface area contributed by atoms with Crippen molar-refractivity contribution in [1.82, 2.24) is 9.55 Å². The number of fused-ring (bicyclic) bond motifs is 1. The largest absolute Gasteiger partial charge is 0.387 e. The van der Waals surface area contributed by atoms with Crippen LogP contribution in [0.25, 0.3) is 0 Å². The van der Waals surface area contributed by atoms with Crippen molar-refractivity contribution in [3.05, 3.63) is 53.1 Å². The van der Waals surface area contributed by atoms with E-state index in [9.17, 15) is 5.11 Å². The summed E-state index contributed by atoms with van der Waals surface area (Å²) in [5.74, 6) is 0. The summed E-state index contributed by atoms with van der Waals surface area (Å²) in [5.41, 5.74) is 4.89. The number of benzene rings is 1. The van der Waals surface area contributed by atoms with Crippen LogP contribution in [-0.4, -0.2) is 14.7 Å². The summed E-state index contributed by atoms with van der Waals surface area (Å²) in [7, 11) is 0. The second-order valence-electron chi connectivity index (χ2n) is 6.00. The highest BCUT2D eigenvalue weighted by atomic mass is 16.3. The molecule has 0 spiro atoms. The molecule has 0 amide bonds. The van der Waals surface area contributed by atoms with E-state index in [-0.39, 0.29) is 0 Å². The van der Waals surface area contributed by atoms with Crippen LogP contribution in [0.15, 0.2) is 30.6 Å². The molecule has 0 aliphatic heterocycles. The summed E-state index contributed by atoms with van der Waals surface area (Å²) in [5, 5.41) is 10.5. The first-order valence-electron chi connectivity index (χ1n) is 8.07. The molecule has 1 aliphatic carbocycles. The van der Waals surface area contributed by atoms with Crippen LogP contribution in [0.4, 0.5) is 0 Å². The number of hydrogen-bond donors (Lipinski definition) is 1. The van der Waals surface area contributed by atoms with Crippen LogP contribution < -0.4 is 0 Å². The van der Waals surface area contributed by atoms with Crippen LogP contribution >= 0.6 is 0 Å². The minimum atomic E-state index is -0.457. The normalized spacial score (nSPS) is 15.7. The predicted molar refractivity (Wildman–Crippen MR) is 84.3 cm³/mol. The van der Waals surface area contributed by atoms with Crippen LogP contribution in [0.3, 0.4) is 0 Å². The van der Waals surface area contributed by atoms with Crippen LogP contribution in [0, 0.1) is 0 Å². The van der Waals surface area contributed by atoms with E-state index in [0.717, 1.165) is 31.2 Å². The van der Waals surface area contributed by atoms with Gasteiger partial charge in [-0.2, -0.15) is 0 Å². The van der Waals surface area contributed by atoms with Crippen molar-refractivity contribution in [2.45, 2.75) is 58.1 Å². The molecule has 21 heavy (non-hydrogen) atoms. The Kier molecular flexibility index (Phi) is 4.39. The van der Waals surface area contributed by atoms with Gasteiger partial charge in [-0.1, -0.05) is 37.6 Å². The van der Waals surface area contributed by atoms with Crippen molar-refractivity contribution in [2.75, 3.05) is 0 Å². The lowest BCUT2D eigenvalue weighted by molar-refractivity contribution is 0.155. The van der Waals surface area contributed by atoms with Gasteiger partial charge in [0.1, 0.15) is 0 Å². The molecule has 1 atom stereocenters.